The molecule has 0 radical (unpaired) electrons. The molecule has 5 atom stereocenters. The SMILES string of the molecule is CCC1CCC2C3CCc4cc(C)ccc4C3CCC12C. The molecule has 3 aliphatic carbocycles. The molecule has 0 aliphatic heterocycles. The molecule has 2 saturated carbocycles. The van der Waals surface area contributed by atoms with Gasteiger partial charge in [-0.15, -0.1) is 0 Å². The summed E-state index contributed by atoms with van der Waals surface area (Å²) in [6, 6.07) is 7.28. The third kappa shape index (κ3) is 1.94. The Labute approximate surface area is 130 Å². The van der Waals surface area contributed by atoms with Crippen LogP contribution >= 0.6 is 0 Å². The van der Waals surface area contributed by atoms with Crippen LogP contribution in [0.1, 0.15) is 75.0 Å². The van der Waals surface area contributed by atoms with Crippen LogP contribution in [0.4, 0.5) is 0 Å². The zero-order chi connectivity index (χ0) is 14.6. The Morgan fingerprint density at radius 2 is 2.00 bits per heavy atom. The second-order valence-electron chi connectivity index (χ2n) is 8.34. The van der Waals surface area contributed by atoms with Gasteiger partial charge in [-0.3, -0.25) is 0 Å². The maximum Gasteiger partial charge on any atom is -0.0128 e. The Hall–Kier alpha value is -0.780. The van der Waals surface area contributed by atoms with E-state index in [1.54, 1.807) is 11.1 Å². The molecule has 0 N–H and O–H groups in total. The number of hydrogen-bond acceptors (Lipinski definition) is 0. The predicted octanol–water partition coefficient (Wildman–Crippen LogP) is 5.88. The summed E-state index contributed by atoms with van der Waals surface area (Å²) in [4.78, 5) is 0. The Kier molecular flexibility index (Phi) is 3.21. The smallest absolute Gasteiger partial charge is 0.0128 e. The first-order chi connectivity index (χ1) is 10.1. The normalized spacial score (nSPS) is 41.3. The van der Waals surface area contributed by atoms with Crippen LogP contribution in [0.2, 0.25) is 0 Å². The topological polar surface area (TPSA) is 0 Å². The van der Waals surface area contributed by atoms with Crippen molar-refractivity contribution in [3.8, 4) is 0 Å². The van der Waals surface area contributed by atoms with Crippen molar-refractivity contribution >= 4 is 0 Å². The minimum Gasteiger partial charge on any atom is -0.0651 e. The van der Waals surface area contributed by atoms with E-state index in [2.05, 4.69) is 39.0 Å². The van der Waals surface area contributed by atoms with E-state index in [0.29, 0.717) is 5.41 Å². The molecule has 0 bridgehead atoms. The van der Waals surface area contributed by atoms with Crippen molar-refractivity contribution in [1.82, 2.24) is 0 Å². The standard InChI is InChI=1S/C21H30/c1-4-16-7-10-20-19-9-6-15-13-14(2)5-8-17(15)18(19)11-12-21(16,20)3/h5,8,13,16,18-20H,4,6-7,9-12H2,1-3H3. The molecule has 0 spiro atoms. The third-order valence-corrected chi connectivity index (χ3v) is 7.57. The Morgan fingerprint density at radius 3 is 2.81 bits per heavy atom. The van der Waals surface area contributed by atoms with E-state index >= 15 is 0 Å². The van der Waals surface area contributed by atoms with Crippen LogP contribution in [0.15, 0.2) is 18.2 Å². The number of hydrogen-bond donors (Lipinski definition) is 0. The van der Waals surface area contributed by atoms with Crippen molar-refractivity contribution in [2.24, 2.45) is 23.2 Å². The maximum atomic E-state index is 2.64. The van der Waals surface area contributed by atoms with Crippen LogP contribution in [0.25, 0.3) is 0 Å². The average molecular weight is 282 g/mol. The number of fused-ring (bicyclic) bond motifs is 5. The van der Waals surface area contributed by atoms with Gasteiger partial charge in [0.1, 0.15) is 0 Å². The van der Waals surface area contributed by atoms with E-state index in [4.69, 9.17) is 0 Å². The third-order valence-electron chi connectivity index (χ3n) is 7.57. The summed E-state index contributed by atoms with van der Waals surface area (Å²) in [5.41, 5.74) is 5.50. The van der Waals surface area contributed by atoms with Gasteiger partial charge in [-0.25, -0.2) is 0 Å². The van der Waals surface area contributed by atoms with Gasteiger partial charge in [-0.1, -0.05) is 44.0 Å². The van der Waals surface area contributed by atoms with E-state index in [0.717, 1.165) is 23.7 Å². The molecular formula is C21H30. The fourth-order valence-electron chi connectivity index (χ4n) is 6.49. The van der Waals surface area contributed by atoms with Gasteiger partial charge in [-0.2, -0.15) is 0 Å². The average Bonchev–Trinajstić information content (AvgIpc) is 2.83. The highest BCUT2D eigenvalue weighted by Crippen LogP contribution is 2.63. The fourth-order valence-corrected chi connectivity index (χ4v) is 6.49. The monoisotopic (exact) mass is 282 g/mol. The van der Waals surface area contributed by atoms with Crippen molar-refractivity contribution in [1.29, 1.82) is 0 Å². The Bertz CT molecular complexity index is 543. The molecular weight excluding hydrogens is 252 g/mol. The number of rotatable bonds is 1. The summed E-state index contributed by atoms with van der Waals surface area (Å²) in [6.45, 7) is 7.30. The second kappa shape index (κ2) is 4.86. The molecule has 0 amide bonds. The van der Waals surface area contributed by atoms with Crippen molar-refractivity contribution in [2.45, 2.75) is 71.6 Å². The van der Waals surface area contributed by atoms with E-state index in [9.17, 15) is 0 Å². The van der Waals surface area contributed by atoms with E-state index in [-0.39, 0.29) is 0 Å². The summed E-state index contributed by atoms with van der Waals surface area (Å²) in [6.07, 6.45) is 10.1. The molecule has 0 nitrogen and oxygen atoms in total. The van der Waals surface area contributed by atoms with Crippen molar-refractivity contribution in [2.75, 3.05) is 0 Å². The first kappa shape index (κ1) is 13.9. The van der Waals surface area contributed by atoms with Crippen LogP contribution in [-0.2, 0) is 6.42 Å². The van der Waals surface area contributed by atoms with Crippen molar-refractivity contribution in [3.05, 3.63) is 34.9 Å². The van der Waals surface area contributed by atoms with Gasteiger partial charge in [0, 0.05) is 0 Å². The van der Waals surface area contributed by atoms with Crippen molar-refractivity contribution in [3.63, 3.8) is 0 Å². The molecule has 114 valence electrons. The quantitative estimate of drug-likeness (QED) is 0.603. The second-order valence-corrected chi connectivity index (χ2v) is 8.34. The highest BCUT2D eigenvalue weighted by atomic mass is 14.6. The lowest BCUT2D eigenvalue weighted by Gasteiger charge is -2.51. The van der Waals surface area contributed by atoms with Gasteiger partial charge in [0.05, 0.1) is 0 Å². The lowest BCUT2D eigenvalue weighted by molar-refractivity contribution is 0.0273. The molecule has 0 heterocycles. The van der Waals surface area contributed by atoms with Crippen LogP contribution in [0.3, 0.4) is 0 Å². The van der Waals surface area contributed by atoms with Gasteiger partial charge in [0.25, 0.3) is 0 Å². The molecule has 4 rings (SSSR count). The largest absolute Gasteiger partial charge is 0.0651 e. The molecule has 21 heavy (non-hydrogen) atoms. The Balaban J connectivity index is 1.68. The predicted molar refractivity (Wildman–Crippen MR) is 89.6 cm³/mol. The van der Waals surface area contributed by atoms with Crippen LogP contribution in [0.5, 0.6) is 0 Å². The first-order valence-corrected chi connectivity index (χ1v) is 9.23. The zero-order valence-electron chi connectivity index (χ0n) is 14.0. The van der Waals surface area contributed by atoms with Gasteiger partial charge in [0.15, 0.2) is 0 Å². The molecule has 0 saturated heterocycles. The summed E-state index contributed by atoms with van der Waals surface area (Å²) in [5.74, 6) is 3.87. The highest BCUT2D eigenvalue weighted by molar-refractivity contribution is 5.37. The van der Waals surface area contributed by atoms with Crippen LogP contribution in [0, 0.1) is 30.1 Å². The van der Waals surface area contributed by atoms with Gasteiger partial charge >= 0.3 is 0 Å². The fraction of sp³-hybridized carbons (Fsp3) is 0.714. The zero-order valence-corrected chi connectivity index (χ0v) is 14.0. The maximum absolute atomic E-state index is 2.64. The number of benzene rings is 1. The highest BCUT2D eigenvalue weighted by Gasteiger charge is 2.53. The summed E-state index contributed by atoms with van der Waals surface area (Å²) in [5, 5.41) is 0. The summed E-state index contributed by atoms with van der Waals surface area (Å²) in [7, 11) is 0. The minimum absolute atomic E-state index is 0.665. The molecule has 0 aromatic heterocycles. The molecule has 0 heteroatoms. The van der Waals surface area contributed by atoms with E-state index < -0.39 is 0 Å². The van der Waals surface area contributed by atoms with Gasteiger partial charge in [0.2, 0.25) is 0 Å². The molecule has 5 unspecified atom stereocenters. The lowest BCUT2D eigenvalue weighted by atomic mass is 9.54. The minimum atomic E-state index is 0.665. The van der Waals surface area contributed by atoms with Gasteiger partial charge in [-0.05, 0) is 85.7 Å². The lowest BCUT2D eigenvalue weighted by Crippen LogP contribution is -2.42. The summed E-state index contributed by atoms with van der Waals surface area (Å²) < 4.78 is 0. The van der Waals surface area contributed by atoms with Crippen molar-refractivity contribution < 1.29 is 0 Å². The van der Waals surface area contributed by atoms with Crippen LogP contribution in [-0.4, -0.2) is 0 Å². The van der Waals surface area contributed by atoms with E-state index in [1.165, 1.54) is 50.5 Å². The molecule has 1 aromatic carbocycles. The first-order valence-electron chi connectivity index (χ1n) is 9.23. The van der Waals surface area contributed by atoms with Crippen LogP contribution < -0.4 is 0 Å². The Morgan fingerprint density at radius 1 is 1.14 bits per heavy atom. The van der Waals surface area contributed by atoms with Gasteiger partial charge < -0.3 is 0 Å². The van der Waals surface area contributed by atoms with E-state index in [1.807, 2.05) is 0 Å². The molecule has 2 fully saturated rings. The molecule has 3 aliphatic rings. The number of aryl methyl sites for hydroxylation is 2. The summed E-state index contributed by atoms with van der Waals surface area (Å²) >= 11 is 0. The molecule has 1 aromatic rings.